The first kappa shape index (κ1) is 19.1. The second-order valence-electron chi connectivity index (χ2n) is 9.71. The van der Waals surface area contributed by atoms with Crippen LogP contribution in [0.3, 0.4) is 0 Å². The molecular weight excluding hydrogens is 362 g/mol. The van der Waals surface area contributed by atoms with Gasteiger partial charge in [-0.05, 0) is 63.0 Å². The number of amides is 2. The van der Waals surface area contributed by atoms with Gasteiger partial charge in [-0.2, -0.15) is 0 Å². The molecule has 5 rings (SSSR count). The number of nitrogens with zero attached hydrogens (tertiary/aromatic N) is 3. The number of piperidine rings is 4. The standard InChI is InChI=1S/C24H33N3O2/c1-17-4-2-5-19(12-17)24(29)25-10-8-21(9-11-25)26-14-18-13-20(16-26)22-6-3-7-23(28)27(22)15-18/h2,4-5,12,18,20-22H,3,6-11,13-16H2,1H3/t18?,20?,22-/m1/s1. The van der Waals surface area contributed by atoms with E-state index >= 15 is 0 Å². The number of carbonyl (C=O) groups excluding carboxylic acids is 2. The average molecular weight is 396 g/mol. The number of fused-ring (bicyclic) bond motifs is 4. The molecular formula is C24H33N3O2. The van der Waals surface area contributed by atoms with Gasteiger partial charge in [0.05, 0.1) is 0 Å². The number of aryl methyl sites for hydroxylation is 1. The fourth-order valence-electron chi connectivity index (χ4n) is 6.34. The molecule has 4 heterocycles. The number of likely N-dealkylation sites (tertiary alicyclic amines) is 2. The number of hydrogen-bond donors (Lipinski definition) is 0. The Bertz CT molecular complexity index is 786. The van der Waals surface area contributed by atoms with Gasteiger partial charge < -0.3 is 9.80 Å². The molecule has 4 saturated heterocycles. The van der Waals surface area contributed by atoms with Crippen molar-refractivity contribution in [1.29, 1.82) is 0 Å². The zero-order valence-electron chi connectivity index (χ0n) is 17.6. The van der Waals surface area contributed by atoms with Gasteiger partial charge in [0, 0.05) is 56.8 Å². The zero-order chi connectivity index (χ0) is 20.0. The number of benzene rings is 1. The van der Waals surface area contributed by atoms with Crippen LogP contribution in [-0.2, 0) is 4.79 Å². The minimum atomic E-state index is 0.180. The van der Waals surface area contributed by atoms with E-state index in [1.54, 1.807) is 0 Å². The van der Waals surface area contributed by atoms with Crippen LogP contribution in [-0.4, -0.2) is 71.3 Å². The molecule has 2 amide bonds. The second kappa shape index (κ2) is 7.75. The summed E-state index contributed by atoms with van der Waals surface area (Å²) < 4.78 is 0. The Morgan fingerprint density at radius 3 is 2.69 bits per heavy atom. The van der Waals surface area contributed by atoms with Crippen LogP contribution < -0.4 is 0 Å². The molecule has 0 N–H and O–H groups in total. The van der Waals surface area contributed by atoms with Gasteiger partial charge in [-0.15, -0.1) is 0 Å². The molecule has 0 aromatic heterocycles. The minimum Gasteiger partial charge on any atom is -0.339 e. The second-order valence-corrected chi connectivity index (χ2v) is 9.71. The van der Waals surface area contributed by atoms with Crippen molar-refractivity contribution in [2.45, 2.75) is 57.5 Å². The third-order valence-corrected chi connectivity index (χ3v) is 7.74. The summed E-state index contributed by atoms with van der Waals surface area (Å²) in [5.41, 5.74) is 1.96. The SMILES string of the molecule is Cc1cccc(C(=O)N2CCC(N3CC4CC(C3)[C@H]3CCCC(=O)N3C4)CC2)c1. The Balaban J connectivity index is 1.20. The molecule has 0 aliphatic carbocycles. The molecule has 0 saturated carbocycles. The molecule has 4 aliphatic heterocycles. The van der Waals surface area contributed by atoms with E-state index < -0.39 is 0 Å². The quantitative estimate of drug-likeness (QED) is 0.773. The Kier molecular flexibility index (Phi) is 5.10. The molecule has 156 valence electrons. The van der Waals surface area contributed by atoms with Gasteiger partial charge in [-0.25, -0.2) is 0 Å². The van der Waals surface area contributed by atoms with E-state index in [1.165, 1.54) is 12.8 Å². The molecule has 1 aromatic carbocycles. The first-order valence-electron chi connectivity index (χ1n) is 11.5. The average Bonchev–Trinajstić information content (AvgIpc) is 2.74. The molecule has 4 aliphatic rings. The highest BCUT2D eigenvalue weighted by Gasteiger charge is 2.45. The van der Waals surface area contributed by atoms with Crippen LogP contribution in [0.1, 0.15) is 54.4 Å². The summed E-state index contributed by atoms with van der Waals surface area (Å²) in [4.78, 5) is 32.2. The fraction of sp³-hybridized carbons (Fsp3) is 0.667. The zero-order valence-corrected chi connectivity index (χ0v) is 17.6. The summed E-state index contributed by atoms with van der Waals surface area (Å²) in [6, 6.07) is 9.02. The highest BCUT2D eigenvalue weighted by molar-refractivity contribution is 5.94. The lowest BCUT2D eigenvalue weighted by Gasteiger charge is -2.54. The summed E-state index contributed by atoms with van der Waals surface area (Å²) in [6.45, 7) is 7.00. The summed E-state index contributed by atoms with van der Waals surface area (Å²) in [7, 11) is 0. The minimum absolute atomic E-state index is 0.180. The highest BCUT2D eigenvalue weighted by Crippen LogP contribution is 2.39. The smallest absolute Gasteiger partial charge is 0.253 e. The molecule has 0 spiro atoms. The maximum absolute atomic E-state index is 12.9. The lowest BCUT2D eigenvalue weighted by Crippen LogP contribution is -2.62. The van der Waals surface area contributed by atoms with E-state index in [-0.39, 0.29) is 5.91 Å². The largest absolute Gasteiger partial charge is 0.339 e. The lowest BCUT2D eigenvalue weighted by molar-refractivity contribution is -0.145. The van der Waals surface area contributed by atoms with Gasteiger partial charge >= 0.3 is 0 Å². The Hall–Kier alpha value is -1.88. The predicted octanol–water partition coefficient (Wildman–Crippen LogP) is 2.93. The van der Waals surface area contributed by atoms with Crippen molar-refractivity contribution in [3.05, 3.63) is 35.4 Å². The van der Waals surface area contributed by atoms with E-state index in [2.05, 4.69) is 9.80 Å². The molecule has 1 aromatic rings. The summed E-state index contributed by atoms with van der Waals surface area (Å²) in [5, 5.41) is 0. The van der Waals surface area contributed by atoms with Crippen LogP contribution in [0.4, 0.5) is 0 Å². The van der Waals surface area contributed by atoms with Gasteiger partial charge in [0.25, 0.3) is 5.91 Å². The van der Waals surface area contributed by atoms with Crippen molar-refractivity contribution in [1.82, 2.24) is 14.7 Å². The molecule has 29 heavy (non-hydrogen) atoms. The van der Waals surface area contributed by atoms with E-state index in [4.69, 9.17) is 0 Å². The van der Waals surface area contributed by atoms with Gasteiger partial charge in [0.15, 0.2) is 0 Å². The topological polar surface area (TPSA) is 43.9 Å². The van der Waals surface area contributed by atoms with Crippen LogP contribution in [0.25, 0.3) is 0 Å². The molecule has 5 nitrogen and oxygen atoms in total. The van der Waals surface area contributed by atoms with Gasteiger partial charge in [-0.1, -0.05) is 17.7 Å². The van der Waals surface area contributed by atoms with Gasteiger partial charge in [0.2, 0.25) is 5.91 Å². The maximum atomic E-state index is 12.9. The van der Waals surface area contributed by atoms with Crippen molar-refractivity contribution in [2.24, 2.45) is 11.8 Å². The van der Waals surface area contributed by atoms with Crippen LogP contribution in [0, 0.1) is 18.8 Å². The van der Waals surface area contributed by atoms with E-state index in [0.717, 1.165) is 69.5 Å². The molecule has 4 fully saturated rings. The van der Waals surface area contributed by atoms with Crippen LogP contribution in [0.2, 0.25) is 0 Å². The number of hydrogen-bond acceptors (Lipinski definition) is 3. The number of carbonyl (C=O) groups is 2. The summed E-state index contributed by atoms with van der Waals surface area (Å²) in [5.74, 6) is 1.86. The van der Waals surface area contributed by atoms with Crippen molar-refractivity contribution in [2.75, 3.05) is 32.7 Å². The Labute approximate surface area is 174 Å². The lowest BCUT2D eigenvalue weighted by atomic mass is 9.75. The van der Waals surface area contributed by atoms with E-state index in [0.29, 0.717) is 29.8 Å². The maximum Gasteiger partial charge on any atom is 0.253 e. The van der Waals surface area contributed by atoms with Crippen LogP contribution in [0.5, 0.6) is 0 Å². The van der Waals surface area contributed by atoms with E-state index in [1.807, 2.05) is 36.1 Å². The molecule has 2 unspecified atom stereocenters. The summed E-state index contributed by atoms with van der Waals surface area (Å²) >= 11 is 0. The van der Waals surface area contributed by atoms with Crippen molar-refractivity contribution >= 4 is 11.8 Å². The first-order chi connectivity index (χ1) is 14.1. The molecule has 5 heteroatoms. The molecule has 2 bridgehead atoms. The molecule has 3 atom stereocenters. The van der Waals surface area contributed by atoms with Gasteiger partial charge in [-0.3, -0.25) is 14.5 Å². The number of rotatable bonds is 2. The van der Waals surface area contributed by atoms with E-state index in [9.17, 15) is 9.59 Å². The monoisotopic (exact) mass is 395 g/mol. The predicted molar refractivity (Wildman–Crippen MR) is 113 cm³/mol. The third-order valence-electron chi connectivity index (χ3n) is 7.74. The summed E-state index contributed by atoms with van der Waals surface area (Å²) in [6.07, 6.45) is 6.47. The van der Waals surface area contributed by atoms with Gasteiger partial charge in [0.1, 0.15) is 0 Å². The Morgan fingerprint density at radius 2 is 1.90 bits per heavy atom. The van der Waals surface area contributed by atoms with Crippen LogP contribution >= 0.6 is 0 Å². The third kappa shape index (κ3) is 3.70. The molecule has 0 radical (unpaired) electrons. The highest BCUT2D eigenvalue weighted by atomic mass is 16.2. The van der Waals surface area contributed by atoms with Crippen molar-refractivity contribution in [3.8, 4) is 0 Å². The van der Waals surface area contributed by atoms with Crippen molar-refractivity contribution in [3.63, 3.8) is 0 Å². The Morgan fingerprint density at radius 1 is 1.07 bits per heavy atom. The van der Waals surface area contributed by atoms with Crippen molar-refractivity contribution < 1.29 is 9.59 Å². The fourth-order valence-corrected chi connectivity index (χ4v) is 6.34. The first-order valence-corrected chi connectivity index (χ1v) is 11.5. The van der Waals surface area contributed by atoms with Crippen LogP contribution in [0.15, 0.2) is 24.3 Å². The normalized spacial score (nSPS) is 30.9.